The summed E-state index contributed by atoms with van der Waals surface area (Å²) in [4.78, 5) is 0. The van der Waals surface area contributed by atoms with Gasteiger partial charge in [0, 0.05) is 13.2 Å². The van der Waals surface area contributed by atoms with Crippen LogP contribution in [0.3, 0.4) is 0 Å². The van der Waals surface area contributed by atoms with E-state index >= 15 is 0 Å². The van der Waals surface area contributed by atoms with E-state index in [4.69, 9.17) is 10.5 Å². The smallest absolute Gasteiger partial charge is 0.381 e. The molecule has 0 amide bonds. The van der Waals surface area contributed by atoms with E-state index in [-0.39, 0.29) is 13.2 Å². The van der Waals surface area contributed by atoms with Gasteiger partial charge in [0.05, 0.1) is 12.5 Å². The molecule has 0 saturated carbocycles. The first kappa shape index (κ1) is 10.8. The number of ether oxygens (including phenoxy) is 1. The summed E-state index contributed by atoms with van der Waals surface area (Å²) >= 11 is 0. The van der Waals surface area contributed by atoms with Crippen molar-refractivity contribution >= 4 is 0 Å². The third kappa shape index (κ3) is 2.84. The molecule has 0 aromatic rings. The van der Waals surface area contributed by atoms with E-state index < -0.39 is 18.0 Å². The van der Waals surface area contributed by atoms with Crippen molar-refractivity contribution in [3.05, 3.63) is 0 Å². The Bertz CT molecular complexity index is 154. The van der Waals surface area contributed by atoms with Gasteiger partial charge < -0.3 is 10.5 Å². The molecular weight excluding hydrogens is 183 g/mol. The summed E-state index contributed by atoms with van der Waals surface area (Å²) in [5.74, 6) is -1.84. The molecule has 1 heterocycles. The number of alkyl halides is 3. The van der Waals surface area contributed by atoms with Gasteiger partial charge in [-0.3, -0.25) is 0 Å². The Balaban J connectivity index is 2.54. The van der Waals surface area contributed by atoms with Crippen LogP contribution in [-0.4, -0.2) is 25.9 Å². The number of hydrogen-bond donors (Lipinski definition) is 1. The summed E-state index contributed by atoms with van der Waals surface area (Å²) in [6.07, 6.45) is -2.90. The second-order valence-corrected chi connectivity index (χ2v) is 3.36. The highest BCUT2D eigenvalue weighted by molar-refractivity contribution is 4.78. The first-order valence-electron chi connectivity index (χ1n) is 4.40. The average molecular weight is 197 g/mol. The minimum Gasteiger partial charge on any atom is -0.381 e. The van der Waals surface area contributed by atoms with E-state index in [2.05, 4.69) is 0 Å². The van der Waals surface area contributed by atoms with Gasteiger partial charge in [0.1, 0.15) is 0 Å². The van der Waals surface area contributed by atoms with Crippen LogP contribution in [0, 0.1) is 11.8 Å². The first-order chi connectivity index (χ1) is 6.05. The van der Waals surface area contributed by atoms with Crippen LogP contribution >= 0.6 is 0 Å². The molecule has 1 fully saturated rings. The molecule has 78 valence electrons. The lowest BCUT2D eigenvalue weighted by Crippen LogP contribution is -2.39. The van der Waals surface area contributed by atoms with Gasteiger partial charge in [-0.1, -0.05) is 0 Å². The maximum absolute atomic E-state index is 12.4. The Morgan fingerprint density at radius 2 is 2.15 bits per heavy atom. The molecule has 1 rings (SSSR count). The Labute approximate surface area is 75.2 Å². The predicted octanol–water partition coefficient (Wildman–Crippen LogP) is 1.55. The van der Waals surface area contributed by atoms with Crippen LogP contribution in [-0.2, 0) is 4.74 Å². The normalized spacial score (nSPS) is 27.2. The zero-order chi connectivity index (χ0) is 9.90. The summed E-state index contributed by atoms with van der Waals surface area (Å²) < 4.78 is 42.1. The highest BCUT2D eigenvalue weighted by Crippen LogP contribution is 2.35. The second kappa shape index (κ2) is 4.28. The molecule has 0 spiro atoms. The van der Waals surface area contributed by atoms with Gasteiger partial charge in [-0.05, 0) is 18.8 Å². The van der Waals surface area contributed by atoms with Crippen molar-refractivity contribution < 1.29 is 17.9 Å². The van der Waals surface area contributed by atoms with Crippen molar-refractivity contribution in [1.82, 2.24) is 0 Å². The highest BCUT2D eigenvalue weighted by atomic mass is 19.4. The molecule has 13 heavy (non-hydrogen) atoms. The van der Waals surface area contributed by atoms with Crippen molar-refractivity contribution in [2.45, 2.75) is 19.0 Å². The maximum Gasteiger partial charge on any atom is 0.393 e. The zero-order valence-corrected chi connectivity index (χ0v) is 7.31. The molecule has 0 aromatic carbocycles. The van der Waals surface area contributed by atoms with Gasteiger partial charge in [-0.25, -0.2) is 0 Å². The average Bonchev–Trinajstić information content (AvgIpc) is 2.05. The van der Waals surface area contributed by atoms with Crippen LogP contribution in [0.5, 0.6) is 0 Å². The molecule has 0 bridgehead atoms. The van der Waals surface area contributed by atoms with E-state index in [1.165, 1.54) is 0 Å². The van der Waals surface area contributed by atoms with Gasteiger partial charge in [0.15, 0.2) is 0 Å². The van der Waals surface area contributed by atoms with Gasteiger partial charge in [0.25, 0.3) is 0 Å². The highest BCUT2D eigenvalue weighted by Gasteiger charge is 2.43. The summed E-state index contributed by atoms with van der Waals surface area (Å²) in [5, 5.41) is 0. The van der Waals surface area contributed by atoms with Gasteiger partial charge >= 0.3 is 6.18 Å². The lowest BCUT2D eigenvalue weighted by molar-refractivity contribution is -0.195. The van der Waals surface area contributed by atoms with Gasteiger partial charge in [-0.2, -0.15) is 13.2 Å². The number of rotatable bonds is 2. The van der Waals surface area contributed by atoms with Gasteiger partial charge in [0.2, 0.25) is 0 Å². The molecule has 1 aliphatic rings. The largest absolute Gasteiger partial charge is 0.393 e. The van der Waals surface area contributed by atoms with E-state index in [0.717, 1.165) is 0 Å². The zero-order valence-electron chi connectivity index (χ0n) is 7.31. The van der Waals surface area contributed by atoms with E-state index in [1.54, 1.807) is 0 Å². The van der Waals surface area contributed by atoms with Gasteiger partial charge in [-0.15, -0.1) is 0 Å². The van der Waals surface area contributed by atoms with E-state index in [9.17, 15) is 13.2 Å². The van der Waals surface area contributed by atoms with Crippen molar-refractivity contribution in [1.29, 1.82) is 0 Å². The Hall–Kier alpha value is -0.290. The van der Waals surface area contributed by atoms with Crippen molar-refractivity contribution in [3.8, 4) is 0 Å². The van der Waals surface area contributed by atoms with Crippen LogP contribution in [0.2, 0.25) is 0 Å². The summed E-state index contributed by atoms with van der Waals surface area (Å²) in [6.45, 7) is 0.435. The fraction of sp³-hybridized carbons (Fsp3) is 1.00. The first-order valence-corrected chi connectivity index (χ1v) is 4.40. The molecule has 2 atom stereocenters. The third-order valence-corrected chi connectivity index (χ3v) is 2.44. The van der Waals surface area contributed by atoms with Crippen molar-refractivity contribution in [2.75, 3.05) is 19.8 Å². The fourth-order valence-electron chi connectivity index (χ4n) is 1.68. The maximum atomic E-state index is 12.4. The molecule has 1 saturated heterocycles. The van der Waals surface area contributed by atoms with Crippen LogP contribution in [0.25, 0.3) is 0 Å². The number of halogens is 3. The topological polar surface area (TPSA) is 35.2 Å². The quantitative estimate of drug-likeness (QED) is 0.729. The molecule has 2 N–H and O–H groups in total. The molecule has 0 aliphatic carbocycles. The standard InChI is InChI=1S/C8H14F3NO/c9-8(10,11)7(4-12)6-2-1-3-13-5-6/h6-7H,1-5,12H2. The summed E-state index contributed by atoms with van der Waals surface area (Å²) in [5.41, 5.74) is 5.11. The van der Waals surface area contributed by atoms with E-state index in [0.29, 0.717) is 19.4 Å². The Morgan fingerprint density at radius 3 is 2.54 bits per heavy atom. The molecule has 0 radical (unpaired) electrons. The number of hydrogen-bond acceptors (Lipinski definition) is 2. The molecule has 5 heteroatoms. The van der Waals surface area contributed by atoms with Crippen molar-refractivity contribution in [2.24, 2.45) is 17.6 Å². The van der Waals surface area contributed by atoms with E-state index in [1.807, 2.05) is 0 Å². The lowest BCUT2D eigenvalue weighted by atomic mass is 9.87. The SMILES string of the molecule is NCC(C1CCCOC1)C(F)(F)F. The second-order valence-electron chi connectivity index (χ2n) is 3.36. The Morgan fingerprint density at radius 1 is 1.46 bits per heavy atom. The lowest BCUT2D eigenvalue weighted by Gasteiger charge is -2.30. The van der Waals surface area contributed by atoms with Crippen LogP contribution in [0.1, 0.15) is 12.8 Å². The summed E-state index contributed by atoms with van der Waals surface area (Å²) in [6, 6.07) is 0. The minimum absolute atomic E-state index is 0.196. The Kier molecular flexibility index (Phi) is 3.55. The van der Waals surface area contributed by atoms with Crippen LogP contribution < -0.4 is 5.73 Å². The minimum atomic E-state index is -4.18. The monoisotopic (exact) mass is 197 g/mol. The fourth-order valence-corrected chi connectivity index (χ4v) is 1.68. The van der Waals surface area contributed by atoms with Crippen molar-refractivity contribution in [3.63, 3.8) is 0 Å². The van der Waals surface area contributed by atoms with Crippen LogP contribution in [0.4, 0.5) is 13.2 Å². The molecule has 2 unspecified atom stereocenters. The predicted molar refractivity (Wildman–Crippen MR) is 42.1 cm³/mol. The molecule has 0 aromatic heterocycles. The third-order valence-electron chi connectivity index (χ3n) is 2.44. The van der Waals surface area contributed by atoms with Crippen LogP contribution in [0.15, 0.2) is 0 Å². The molecule has 2 nitrogen and oxygen atoms in total. The summed E-state index contributed by atoms with van der Waals surface area (Å²) in [7, 11) is 0. The molecule has 1 aliphatic heterocycles. The molecular formula is C8H14F3NO. The number of nitrogens with two attached hydrogens (primary N) is 1.